The molecule has 1 atom stereocenters. The number of anilines is 1. The maximum atomic E-state index is 13.2. The number of hydrogen-bond donors (Lipinski definition) is 4. The van der Waals surface area contributed by atoms with Crippen LogP contribution in [-0.2, 0) is 9.59 Å². The maximum absolute atomic E-state index is 13.2. The van der Waals surface area contributed by atoms with Crippen molar-refractivity contribution in [3.63, 3.8) is 0 Å². The van der Waals surface area contributed by atoms with Crippen LogP contribution in [0.2, 0.25) is 0 Å². The molecule has 166 valence electrons. The van der Waals surface area contributed by atoms with Crippen LogP contribution in [0.15, 0.2) is 54.6 Å². The van der Waals surface area contributed by atoms with Crippen LogP contribution in [0.5, 0.6) is 0 Å². The maximum Gasteiger partial charge on any atom is 0.279 e. The van der Waals surface area contributed by atoms with Crippen LogP contribution >= 0.6 is 0 Å². The monoisotopic (exact) mass is 428 g/mol. The molecular formula is C24H33FN4O2+2. The van der Waals surface area contributed by atoms with Crippen LogP contribution in [0.25, 0.3) is 0 Å². The minimum Gasteiger partial charge on any atom is -0.351 e. The minimum atomic E-state index is -0.366. The van der Waals surface area contributed by atoms with Gasteiger partial charge in [0.15, 0.2) is 13.1 Å². The Morgan fingerprint density at radius 3 is 2.19 bits per heavy atom. The second-order valence-electron chi connectivity index (χ2n) is 8.23. The van der Waals surface area contributed by atoms with Crippen molar-refractivity contribution in [3.05, 3.63) is 66.0 Å². The van der Waals surface area contributed by atoms with Gasteiger partial charge in [-0.1, -0.05) is 43.3 Å². The topological polar surface area (TPSA) is 67.1 Å². The van der Waals surface area contributed by atoms with E-state index in [9.17, 15) is 14.0 Å². The van der Waals surface area contributed by atoms with E-state index in [1.807, 2.05) is 18.2 Å². The first kappa shape index (κ1) is 22.9. The van der Waals surface area contributed by atoms with Crippen molar-refractivity contribution in [1.29, 1.82) is 0 Å². The van der Waals surface area contributed by atoms with Gasteiger partial charge in [0.25, 0.3) is 11.8 Å². The molecule has 1 fully saturated rings. The molecule has 0 radical (unpaired) electrons. The minimum absolute atomic E-state index is 0.0803. The lowest BCUT2D eigenvalue weighted by Crippen LogP contribution is -3.28. The van der Waals surface area contributed by atoms with Gasteiger partial charge in [-0.2, -0.15) is 0 Å². The Morgan fingerprint density at radius 1 is 0.935 bits per heavy atom. The predicted octanol–water partition coefficient (Wildman–Crippen LogP) is -0.142. The molecule has 3 rings (SSSR count). The van der Waals surface area contributed by atoms with Crippen LogP contribution in [0.1, 0.15) is 24.8 Å². The molecule has 2 aromatic rings. The van der Waals surface area contributed by atoms with Gasteiger partial charge in [-0.25, -0.2) is 4.39 Å². The highest BCUT2D eigenvalue weighted by Crippen LogP contribution is 2.17. The van der Waals surface area contributed by atoms with Gasteiger partial charge in [0.2, 0.25) is 0 Å². The fraction of sp³-hybridized carbons (Fsp3) is 0.417. The molecule has 31 heavy (non-hydrogen) atoms. The van der Waals surface area contributed by atoms with Crippen LogP contribution < -0.4 is 20.4 Å². The normalized spacial score (nSPS) is 19.4. The summed E-state index contributed by atoms with van der Waals surface area (Å²) < 4.78 is 13.2. The van der Waals surface area contributed by atoms with Crippen molar-refractivity contribution < 1.29 is 23.8 Å². The zero-order chi connectivity index (χ0) is 22.1. The third-order valence-corrected chi connectivity index (χ3v) is 5.90. The fourth-order valence-electron chi connectivity index (χ4n) is 4.06. The summed E-state index contributed by atoms with van der Waals surface area (Å²) in [5.74, 6) is -0.0716. The summed E-state index contributed by atoms with van der Waals surface area (Å²) in [6, 6.07) is 16.2. The molecule has 1 aliphatic heterocycles. The molecule has 6 nitrogen and oxygen atoms in total. The second-order valence-corrected chi connectivity index (χ2v) is 8.23. The highest BCUT2D eigenvalue weighted by atomic mass is 19.1. The number of halogens is 1. The highest BCUT2D eigenvalue weighted by molar-refractivity contribution is 5.91. The number of nitrogens with one attached hydrogen (secondary N) is 4. The Bertz CT molecular complexity index is 854. The van der Waals surface area contributed by atoms with Gasteiger partial charge in [-0.15, -0.1) is 0 Å². The lowest BCUT2D eigenvalue weighted by molar-refractivity contribution is -1.00. The Labute approximate surface area is 183 Å². The molecule has 1 saturated heterocycles. The summed E-state index contributed by atoms with van der Waals surface area (Å²) >= 11 is 0. The first-order valence-corrected chi connectivity index (χ1v) is 11.1. The molecule has 7 heteroatoms. The fourth-order valence-corrected chi connectivity index (χ4v) is 4.06. The van der Waals surface area contributed by atoms with Crippen molar-refractivity contribution in [1.82, 2.24) is 5.32 Å². The first-order valence-electron chi connectivity index (χ1n) is 11.1. The van der Waals surface area contributed by atoms with Gasteiger partial charge >= 0.3 is 0 Å². The summed E-state index contributed by atoms with van der Waals surface area (Å²) in [4.78, 5) is 27.1. The Balaban J connectivity index is 1.35. The third-order valence-electron chi connectivity index (χ3n) is 5.90. The number of rotatable bonds is 9. The third kappa shape index (κ3) is 7.45. The molecule has 4 N–H and O–H groups in total. The van der Waals surface area contributed by atoms with Crippen LogP contribution in [0, 0.1) is 5.82 Å². The average molecular weight is 429 g/mol. The summed E-state index contributed by atoms with van der Waals surface area (Å²) in [5.41, 5.74) is 1.73. The average Bonchev–Trinajstić information content (AvgIpc) is 2.76. The summed E-state index contributed by atoms with van der Waals surface area (Å²) in [6.45, 7) is 6.99. The number of hydrogen-bond acceptors (Lipinski definition) is 2. The van der Waals surface area contributed by atoms with Crippen molar-refractivity contribution in [2.24, 2.45) is 0 Å². The van der Waals surface area contributed by atoms with E-state index in [-0.39, 0.29) is 17.6 Å². The van der Waals surface area contributed by atoms with Crippen LogP contribution in [0.3, 0.4) is 0 Å². The predicted molar refractivity (Wildman–Crippen MR) is 119 cm³/mol. The number of carbonyl (C=O) groups excluding carboxylic acids is 2. The molecule has 2 amide bonds. The van der Waals surface area contributed by atoms with Crippen molar-refractivity contribution in [3.8, 4) is 0 Å². The zero-order valence-corrected chi connectivity index (χ0v) is 18.1. The van der Waals surface area contributed by atoms with Crippen molar-refractivity contribution in [2.45, 2.75) is 19.3 Å². The SMILES string of the molecule is CC[C@@H](CNC(=O)C[NH+]1CC[NH+](CC(=O)Nc2cccc(F)c2)CC1)c1ccccc1. The van der Waals surface area contributed by atoms with Gasteiger partial charge in [-0.3, -0.25) is 9.59 Å². The lowest BCUT2D eigenvalue weighted by atomic mass is 9.96. The number of benzene rings is 2. The lowest BCUT2D eigenvalue weighted by Gasteiger charge is -2.29. The molecule has 0 unspecified atom stereocenters. The van der Waals surface area contributed by atoms with Crippen molar-refractivity contribution >= 4 is 17.5 Å². The molecule has 1 aliphatic rings. The van der Waals surface area contributed by atoms with Crippen LogP contribution in [-0.4, -0.2) is 57.6 Å². The number of amides is 2. The van der Waals surface area contributed by atoms with Gasteiger partial charge < -0.3 is 20.4 Å². The largest absolute Gasteiger partial charge is 0.351 e. The van der Waals surface area contributed by atoms with E-state index in [0.29, 0.717) is 31.2 Å². The van der Waals surface area contributed by atoms with Gasteiger partial charge in [0.1, 0.15) is 32.0 Å². The van der Waals surface area contributed by atoms with E-state index in [2.05, 4.69) is 29.7 Å². The van der Waals surface area contributed by atoms with E-state index in [0.717, 1.165) is 32.6 Å². The van der Waals surface area contributed by atoms with Gasteiger partial charge in [0, 0.05) is 18.2 Å². The van der Waals surface area contributed by atoms with Gasteiger partial charge in [0.05, 0.1) is 0 Å². The van der Waals surface area contributed by atoms with Crippen molar-refractivity contribution in [2.75, 3.05) is 51.1 Å². The highest BCUT2D eigenvalue weighted by Gasteiger charge is 2.26. The molecule has 0 aliphatic carbocycles. The summed E-state index contributed by atoms with van der Waals surface area (Å²) in [5, 5.41) is 5.84. The van der Waals surface area contributed by atoms with Gasteiger partial charge in [-0.05, 0) is 30.2 Å². The standard InChI is InChI=1S/C24H31FN4O2/c1-2-19(20-7-4-3-5-8-20)16-26-23(30)17-28-11-13-29(14-12-28)18-24(31)27-22-10-6-9-21(25)15-22/h3-10,15,19H,2,11-14,16-18H2,1H3,(H,26,30)(H,27,31)/p+2/t19-/m0/s1. The Kier molecular flexibility index (Phi) is 8.55. The Hall–Kier alpha value is -2.77. The molecule has 0 saturated carbocycles. The molecule has 1 heterocycles. The molecular weight excluding hydrogens is 395 g/mol. The van der Waals surface area contributed by atoms with E-state index >= 15 is 0 Å². The Morgan fingerprint density at radius 2 is 1.58 bits per heavy atom. The number of piperazine rings is 1. The first-order chi connectivity index (χ1) is 15.0. The van der Waals surface area contributed by atoms with E-state index in [4.69, 9.17) is 0 Å². The smallest absolute Gasteiger partial charge is 0.279 e. The van der Waals surface area contributed by atoms with E-state index in [1.54, 1.807) is 12.1 Å². The molecule has 2 aromatic carbocycles. The van der Waals surface area contributed by atoms with E-state index < -0.39 is 0 Å². The number of carbonyl (C=O) groups is 2. The quantitative estimate of drug-likeness (QED) is 0.449. The zero-order valence-electron chi connectivity index (χ0n) is 18.1. The van der Waals surface area contributed by atoms with Crippen LogP contribution in [0.4, 0.5) is 10.1 Å². The van der Waals surface area contributed by atoms with E-state index in [1.165, 1.54) is 27.5 Å². The summed E-state index contributed by atoms with van der Waals surface area (Å²) in [7, 11) is 0. The molecule has 0 aromatic heterocycles. The number of quaternary nitrogens is 2. The molecule has 0 bridgehead atoms. The second kappa shape index (κ2) is 11.6. The summed E-state index contributed by atoms with van der Waals surface area (Å²) in [6.07, 6.45) is 0.983. The molecule has 0 spiro atoms.